The summed E-state index contributed by atoms with van der Waals surface area (Å²) >= 11 is 1.11. The molecule has 0 spiro atoms. The van der Waals surface area contributed by atoms with Crippen molar-refractivity contribution in [2.45, 2.75) is 18.6 Å². The first-order chi connectivity index (χ1) is 16.0. The van der Waals surface area contributed by atoms with E-state index in [1.54, 1.807) is 6.92 Å². The predicted octanol–water partition coefficient (Wildman–Crippen LogP) is 3.74. The van der Waals surface area contributed by atoms with E-state index in [-0.39, 0.29) is 23.2 Å². The molecule has 12 heteroatoms. The number of nitrogens with zero attached hydrogens (tertiary/aromatic N) is 1. The second-order valence-electron chi connectivity index (χ2n) is 7.53. The van der Waals surface area contributed by atoms with Gasteiger partial charge in [0.15, 0.2) is 5.54 Å². The number of hydrogen-bond acceptors (Lipinski definition) is 5. The Morgan fingerprint density at radius 3 is 2.41 bits per heavy atom. The number of alkyl halides is 3. The summed E-state index contributed by atoms with van der Waals surface area (Å²) in [5.41, 5.74) is -0.211. The average molecular weight is 492 g/mol. The van der Waals surface area contributed by atoms with Gasteiger partial charge in [-0.2, -0.15) is 13.2 Å². The van der Waals surface area contributed by atoms with Crippen LogP contribution in [0.4, 0.5) is 22.4 Å². The van der Waals surface area contributed by atoms with E-state index in [2.05, 4.69) is 20.9 Å². The molecule has 0 radical (unpaired) electrons. The number of aryl methyl sites for hydroxylation is 1. The molecule has 0 saturated carbocycles. The number of carbonyl (C=O) groups excluding carboxylic acids is 3. The summed E-state index contributed by atoms with van der Waals surface area (Å²) in [4.78, 5) is 42.1. The van der Waals surface area contributed by atoms with Gasteiger partial charge in [0.05, 0.1) is 33.8 Å². The van der Waals surface area contributed by atoms with E-state index in [9.17, 15) is 31.9 Å². The third-order valence-corrected chi connectivity index (χ3v) is 6.43. The van der Waals surface area contributed by atoms with Crippen LogP contribution in [-0.2, 0) is 16.5 Å². The summed E-state index contributed by atoms with van der Waals surface area (Å²) in [5.74, 6) is -2.21. The maximum absolute atomic E-state index is 14.0. The molecule has 2 heterocycles. The SMILES string of the molecule is Cc1ncsc1C1(CNC(=O)c2cc(F)ccc2-c2ccc(C(F)(F)F)cc2)NC(=O)NC1=O. The summed E-state index contributed by atoms with van der Waals surface area (Å²) in [6.07, 6.45) is -4.53. The van der Waals surface area contributed by atoms with Gasteiger partial charge in [0.25, 0.3) is 11.8 Å². The molecular weight excluding hydrogens is 476 g/mol. The number of benzene rings is 2. The first kappa shape index (κ1) is 23.4. The van der Waals surface area contributed by atoms with Crippen molar-refractivity contribution in [3.8, 4) is 11.1 Å². The number of amides is 4. The van der Waals surface area contributed by atoms with Crippen LogP contribution >= 0.6 is 11.3 Å². The van der Waals surface area contributed by atoms with Crippen LogP contribution in [-0.4, -0.2) is 29.4 Å². The number of thiazole rings is 1. The summed E-state index contributed by atoms with van der Waals surface area (Å²) in [6, 6.07) is 6.64. The van der Waals surface area contributed by atoms with E-state index < -0.39 is 40.9 Å². The van der Waals surface area contributed by atoms with Crippen molar-refractivity contribution in [1.82, 2.24) is 20.9 Å². The number of carbonyl (C=O) groups is 3. The number of hydrogen-bond donors (Lipinski definition) is 3. The first-order valence-electron chi connectivity index (χ1n) is 9.81. The Bertz CT molecular complexity index is 1290. The van der Waals surface area contributed by atoms with Crippen LogP contribution in [0.25, 0.3) is 11.1 Å². The highest BCUT2D eigenvalue weighted by Crippen LogP contribution is 2.33. The number of halogens is 4. The number of imide groups is 1. The molecule has 4 rings (SSSR count). The lowest BCUT2D eigenvalue weighted by atomic mass is 9.95. The summed E-state index contributed by atoms with van der Waals surface area (Å²) in [6.45, 7) is 1.28. The predicted molar refractivity (Wildman–Crippen MR) is 114 cm³/mol. The van der Waals surface area contributed by atoms with Gasteiger partial charge in [0.1, 0.15) is 5.82 Å². The number of nitrogens with one attached hydrogen (secondary N) is 3. The minimum Gasteiger partial charge on any atom is -0.349 e. The molecule has 0 bridgehead atoms. The molecule has 34 heavy (non-hydrogen) atoms. The van der Waals surface area contributed by atoms with Crippen LogP contribution in [0.3, 0.4) is 0 Å². The molecule has 0 aliphatic carbocycles. The van der Waals surface area contributed by atoms with E-state index in [1.165, 1.54) is 23.7 Å². The molecule has 3 aromatic rings. The van der Waals surface area contributed by atoms with Crippen LogP contribution in [0.1, 0.15) is 26.5 Å². The summed E-state index contributed by atoms with van der Waals surface area (Å²) < 4.78 is 52.7. The normalized spacial score (nSPS) is 17.9. The monoisotopic (exact) mass is 492 g/mol. The van der Waals surface area contributed by atoms with Gasteiger partial charge < -0.3 is 10.6 Å². The Kier molecular flexibility index (Phi) is 5.86. The largest absolute Gasteiger partial charge is 0.416 e. The average Bonchev–Trinajstić information content (AvgIpc) is 3.34. The number of urea groups is 1. The van der Waals surface area contributed by atoms with Crippen LogP contribution in [0.5, 0.6) is 0 Å². The Hall–Kier alpha value is -3.80. The maximum Gasteiger partial charge on any atom is 0.416 e. The van der Waals surface area contributed by atoms with Crippen molar-refractivity contribution < 1.29 is 31.9 Å². The second-order valence-corrected chi connectivity index (χ2v) is 8.38. The Balaban J connectivity index is 1.65. The maximum atomic E-state index is 14.0. The van der Waals surface area contributed by atoms with Crippen LogP contribution in [0.15, 0.2) is 48.0 Å². The Morgan fingerprint density at radius 2 is 1.85 bits per heavy atom. The topological polar surface area (TPSA) is 100 Å². The van der Waals surface area contributed by atoms with E-state index in [1.807, 2.05) is 0 Å². The van der Waals surface area contributed by atoms with Gasteiger partial charge in [-0.05, 0) is 42.3 Å². The fourth-order valence-corrected chi connectivity index (χ4v) is 4.63. The summed E-state index contributed by atoms with van der Waals surface area (Å²) in [7, 11) is 0. The van der Waals surface area contributed by atoms with Gasteiger partial charge in [-0.25, -0.2) is 14.2 Å². The van der Waals surface area contributed by atoms with Crippen molar-refractivity contribution in [1.29, 1.82) is 0 Å². The van der Waals surface area contributed by atoms with E-state index in [0.29, 0.717) is 10.6 Å². The molecule has 1 saturated heterocycles. The number of rotatable bonds is 5. The molecule has 7 nitrogen and oxygen atoms in total. The molecule has 176 valence electrons. The molecule has 3 N–H and O–H groups in total. The van der Waals surface area contributed by atoms with Gasteiger partial charge in [0, 0.05) is 0 Å². The molecule has 2 aromatic carbocycles. The van der Waals surface area contributed by atoms with Gasteiger partial charge in [-0.15, -0.1) is 11.3 Å². The van der Waals surface area contributed by atoms with Gasteiger partial charge >= 0.3 is 12.2 Å². The molecule has 1 aliphatic heterocycles. The molecule has 1 aromatic heterocycles. The quantitative estimate of drug-likeness (QED) is 0.373. The smallest absolute Gasteiger partial charge is 0.349 e. The summed E-state index contributed by atoms with van der Waals surface area (Å²) in [5, 5.41) is 7.20. The molecule has 1 aliphatic rings. The second kappa shape index (κ2) is 8.52. The zero-order valence-corrected chi connectivity index (χ0v) is 18.2. The first-order valence-corrected chi connectivity index (χ1v) is 10.7. The van der Waals surface area contributed by atoms with Crippen molar-refractivity contribution >= 4 is 29.2 Å². The fraction of sp³-hybridized carbons (Fsp3) is 0.182. The highest BCUT2D eigenvalue weighted by atomic mass is 32.1. The van der Waals surface area contributed by atoms with Crippen LogP contribution in [0.2, 0.25) is 0 Å². The zero-order valence-electron chi connectivity index (χ0n) is 17.4. The van der Waals surface area contributed by atoms with Crippen molar-refractivity contribution in [3.05, 3.63) is 75.5 Å². The molecular formula is C22H16F4N4O3S. The van der Waals surface area contributed by atoms with Crippen molar-refractivity contribution in [2.75, 3.05) is 6.54 Å². The highest BCUT2D eigenvalue weighted by Gasteiger charge is 2.50. The van der Waals surface area contributed by atoms with E-state index in [0.717, 1.165) is 35.6 Å². The van der Waals surface area contributed by atoms with Crippen molar-refractivity contribution in [2.24, 2.45) is 0 Å². The van der Waals surface area contributed by atoms with Crippen LogP contribution in [0, 0.1) is 12.7 Å². The van der Waals surface area contributed by atoms with E-state index in [4.69, 9.17) is 0 Å². The lowest BCUT2D eigenvalue weighted by molar-refractivity contribution is -0.137. The highest BCUT2D eigenvalue weighted by molar-refractivity contribution is 7.10. The van der Waals surface area contributed by atoms with Gasteiger partial charge in [-0.1, -0.05) is 18.2 Å². The standard InChI is InChI=1S/C22H16F4N4O3S/c1-11-17(34-10-28-11)21(19(32)29-20(33)30-21)9-27-18(31)16-8-14(23)6-7-15(16)12-2-4-13(5-3-12)22(24,25)26/h2-8,10H,9H2,1H3,(H,27,31)(H2,29,30,32,33). The molecule has 4 amide bonds. The molecule has 1 unspecified atom stereocenters. The van der Waals surface area contributed by atoms with Gasteiger partial charge in [0.2, 0.25) is 0 Å². The van der Waals surface area contributed by atoms with Crippen LogP contribution < -0.4 is 16.0 Å². The third kappa shape index (κ3) is 4.23. The minimum absolute atomic E-state index is 0.152. The molecule has 1 atom stereocenters. The van der Waals surface area contributed by atoms with Crippen molar-refractivity contribution in [3.63, 3.8) is 0 Å². The van der Waals surface area contributed by atoms with Gasteiger partial charge in [-0.3, -0.25) is 14.9 Å². The van der Waals surface area contributed by atoms with E-state index >= 15 is 0 Å². The lowest BCUT2D eigenvalue weighted by Crippen LogP contribution is -2.52. The lowest BCUT2D eigenvalue weighted by Gasteiger charge is -2.26. The Labute approximate surface area is 194 Å². The Morgan fingerprint density at radius 1 is 1.15 bits per heavy atom. The molecule has 1 fully saturated rings. The fourth-order valence-electron chi connectivity index (χ4n) is 3.67. The zero-order chi connectivity index (χ0) is 24.7. The number of aromatic nitrogens is 1. The third-order valence-electron chi connectivity index (χ3n) is 5.34. The minimum atomic E-state index is -4.53.